The number of amides is 2. The molecule has 1 saturated heterocycles. The largest absolute Gasteiger partial charge is 0.459 e. The third kappa shape index (κ3) is 4.47. The molecule has 1 aliphatic heterocycles. The van der Waals surface area contributed by atoms with Crippen LogP contribution in [0.15, 0.2) is 45.5 Å². The zero-order valence-electron chi connectivity index (χ0n) is 17.8. The average Bonchev–Trinajstić information content (AvgIpc) is 3.20. The first-order chi connectivity index (χ1) is 15.6. The standard InChI is InChI=1S/C22H25N5O3S2/c1-15(20(28)25-8-10-26(11-9-25)21(29)18-5-2-12-30-18)32-22-24-23-19(27(22)16-6-7-16)14-17-4-3-13-31-17/h2-5,12-13,15-16H,6-11,14H2,1H3/t15-/m0/s1. The van der Waals surface area contributed by atoms with E-state index in [1.165, 1.54) is 22.9 Å². The van der Waals surface area contributed by atoms with Gasteiger partial charge in [-0.1, -0.05) is 17.8 Å². The molecule has 0 unspecified atom stereocenters. The molecule has 5 rings (SSSR count). The fourth-order valence-corrected chi connectivity index (χ4v) is 5.65. The summed E-state index contributed by atoms with van der Waals surface area (Å²) in [7, 11) is 0. The third-order valence-corrected chi connectivity index (χ3v) is 7.72. The van der Waals surface area contributed by atoms with Gasteiger partial charge >= 0.3 is 0 Å². The maximum Gasteiger partial charge on any atom is 0.289 e. The molecule has 0 spiro atoms. The van der Waals surface area contributed by atoms with Crippen LogP contribution in [0, 0.1) is 0 Å². The lowest BCUT2D eigenvalue weighted by Crippen LogP contribution is -2.52. The SMILES string of the molecule is C[C@H](Sc1nnc(Cc2cccs2)n1C1CC1)C(=O)N1CCN(C(=O)c2ccco2)CC1. The van der Waals surface area contributed by atoms with Crippen LogP contribution in [0.5, 0.6) is 0 Å². The van der Waals surface area contributed by atoms with Crippen molar-refractivity contribution in [2.75, 3.05) is 26.2 Å². The van der Waals surface area contributed by atoms with Gasteiger partial charge < -0.3 is 18.8 Å². The Morgan fingerprint density at radius 1 is 1.16 bits per heavy atom. The summed E-state index contributed by atoms with van der Waals surface area (Å²) in [5.74, 6) is 1.26. The van der Waals surface area contributed by atoms with Crippen molar-refractivity contribution in [2.24, 2.45) is 0 Å². The number of furan rings is 1. The van der Waals surface area contributed by atoms with Crippen LogP contribution in [0.3, 0.4) is 0 Å². The van der Waals surface area contributed by atoms with Crippen LogP contribution in [0.25, 0.3) is 0 Å². The summed E-state index contributed by atoms with van der Waals surface area (Å²) in [6.45, 7) is 3.99. The minimum Gasteiger partial charge on any atom is -0.459 e. The van der Waals surface area contributed by atoms with E-state index in [2.05, 4.69) is 32.3 Å². The van der Waals surface area contributed by atoms with Gasteiger partial charge in [0.2, 0.25) is 5.91 Å². The Balaban J connectivity index is 1.20. The molecule has 0 aromatic carbocycles. The van der Waals surface area contributed by atoms with Gasteiger partial charge in [-0.3, -0.25) is 9.59 Å². The topological polar surface area (TPSA) is 84.5 Å². The maximum atomic E-state index is 13.1. The second kappa shape index (κ2) is 9.11. The second-order valence-electron chi connectivity index (χ2n) is 8.11. The summed E-state index contributed by atoms with van der Waals surface area (Å²) in [6.07, 6.45) is 4.54. The predicted octanol–water partition coefficient (Wildman–Crippen LogP) is 3.32. The highest BCUT2D eigenvalue weighted by atomic mass is 32.2. The van der Waals surface area contributed by atoms with Crippen molar-refractivity contribution in [3.05, 3.63) is 52.4 Å². The van der Waals surface area contributed by atoms with Gasteiger partial charge in [0.25, 0.3) is 5.91 Å². The first-order valence-electron chi connectivity index (χ1n) is 10.8. The molecule has 2 amide bonds. The number of rotatable bonds is 7. The number of aromatic nitrogens is 3. The van der Waals surface area contributed by atoms with Gasteiger partial charge in [0.15, 0.2) is 10.9 Å². The number of carbonyl (C=O) groups excluding carboxylic acids is 2. The van der Waals surface area contributed by atoms with Crippen molar-refractivity contribution in [1.29, 1.82) is 0 Å². The zero-order chi connectivity index (χ0) is 22.1. The summed E-state index contributed by atoms with van der Waals surface area (Å²) < 4.78 is 7.44. The Bertz CT molecular complexity index is 1070. The molecule has 2 aliphatic rings. The van der Waals surface area contributed by atoms with E-state index >= 15 is 0 Å². The van der Waals surface area contributed by atoms with Gasteiger partial charge in [-0.05, 0) is 43.3 Å². The zero-order valence-corrected chi connectivity index (χ0v) is 19.5. The molecule has 10 heteroatoms. The van der Waals surface area contributed by atoms with Gasteiger partial charge in [0.1, 0.15) is 5.82 Å². The second-order valence-corrected chi connectivity index (χ2v) is 10.5. The minimum absolute atomic E-state index is 0.0743. The van der Waals surface area contributed by atoms with Crippen molar-refractivity contribution >= 4 is 34.9 Å². The minimum atomic E-state index is -0.265. The lowest BCUT2D eigenvalue weighted by molar-refractivity contribution is -0.131. The number of hydrogen-bond acceptors (Lipinski definition) is 7. The van der Waals surface area contributed by atoms with E-state index in [0.29, 0.717) is 38.0 Å². The molecule has 0 bridgehead atoms. The molecule has 3 aromatic rings. The lowest BCUT2D eigenvalue weighted by atomic mass is 10.2. The van der Waals surface area contributed by atoms with Gasteiger partial charge in [-0.25, -0.2) is 0 Å². The van der Waals surface area contributed by atoms with E-state index in [0.717, 1.165) is 30.2 Å². The molecular weight excluding hydrogens is 446 g/mol. The Hall–Kier alpha value is -2.59. The Morgan fingerprint density at radius 3 is 2.59 bits per heavy atom. The molecule has 2 fully saturated rings. The van der Waals surface area contributed by atoms with Gasteiger partial charge in [0.05, 0.1) is 11.5 Å². The number of piperazine rings is 1. The van der Waals surface area contributed by atoms with Crippen LogP contribution in [-0.2, 0) is 11.2 Å². The van der Waals surface area contributed by atoms with Crippen LogP contribution in [0.4, 0.5) is 0 Å². The van der Waals surface area contributed by atoms with E-state index < -0.39 is 0 Å². The quantitative estimate of drug-likeness (QED) is 0.492. The molecule has 1 saturated carbocycles. The average molecular weight is 472 g/mol. The van der Waals surface area contributed by atoms with Crippen LogP contribution >= 0.6 is 23.1 Å². The van der Waals surface area contributed by atoms with Gasteiger partial charge in [0, 0.05) is 43.5 Å². The van der Waals surface area contributed by atoms with E-state index in [9.17, 15) is 9.59 Å². The third-order valence-electron chi connectivity index (χ3n) is 5.80. The van der Waals surface area contributed by atoms with E-state index in [4.69, 9.17) is 4.42 Å². The van der Waals surface area contributed by atoms with E-state index in [-0.39, 0.29) is 17.1 Å². The van der Waals surface area contributed by atoms with Crippen molar-refractivity contribution in [3.63, 3.8) is 0 Å². The number of carbonyl (C=O) groups is 2. The van der Waals surface area contributed by atoms with Crippen molar-refractivity contribution in [2.45, 2.75) is 42.6 Å². The highest BCUT2D eigenvalue weighted by molar-refractivity contribution is 8.00. The molecule has 0 radical (unpaired) electrons. The first-order valence-corrected chi connectivity index (χ1v) is 12.6. The number of nitrogens with zero attached hydrogens (tertiary/aromatic N) is 5. The van der Waals surface area contributed by atoms with E-state index in [1.54, 1.807) is 28.4 Å². The number of hydrogen-bond donors (Lipinski definition) is 0. The smallest absolute Gasteiger partial charge is 0.289 e. The molecule has 0 N–H and O–H groups in total. The Labute approximate surface area is 194 Å². The molecule has 4 heterocycles. The molecule has 1 aliphatic carbocycles. The molecule has 8 nitrogen and oxygen atoms in total. The van der Waals surface area contributed by atoms with Crippen LogP contribution in [-0.4, -0.2) is 67.8 Å². The molecule has 3 aromatic heterocycles. The monoisotopic (exact) mass is 471 g/mol. The van der Waals surface area contributed by atoms with Crippen LogP contribution in [0.1, 0.15) is 47.1 Å². The Kier molecular flexibility index (Phi) is 6.05. The fraction of sp³-hybridized carbons (Fsp3) is 0.455. The summed E-state index contributed by atoms with van der Waals surface area (Å²) in [5, 5.41) is 11.5. The van der Waals surface area contributed by atoms with Crippen molar-refractivity contribution < 1.29 is 14.0 Å². The van der Waals surface area contributed by atoms with Crippen molar-refractivity contribution in [1.82, 2.24) is 24.6 Å². The van der Waals surface area contributed by atoms with Gasteiger partial charge in [-0.15, -0.1) is 21.5 Å². The number of thiophene rings is 1. The van der Waals surface area contributed by atoms with E-state index in [1.807, 2.05) is 11.8 Å². The van der Waals surface area contributed by atoms with Gasteiger partial charge in [-0.2, -0.15) is 0 Å². The first kappa shape index (κ1) is 21.3. The fourth-order valence-electron chi connectivity index (χ4n) is 3.93. The molecule has 1 atom stereocenters. The van der Waals surface area contributed by atoms with Crippen LogP contribution in [0.2, 0.25) is 0 Å². The predicted molar refractivity (Wildman–Crippen MR) is 122 cm³/mol. The lowest BCUT2D eigenvalue weighted by Gasteiger charge is -2.35. The normalized spacial score (nSPS) is 17.5. The van der Waals surface area contributed by atoms with Crippen molar-refractivity contribution in [3.8, 4) is 0 Å². The summed E-state index contributed by atoms with van der Waals surface area (Å²) in [6, 6.07) is 7.99. The maximum absolute atomic E-state index is 13.1. The summed E-state index contributed by atoms with van der Waals surface area (Å²) >= 11 is 3.21. The highest BCUT2D eigenvalue weighted by Crippen LogP contribution is 2.40. The Morgan fingerprint density at radius 2 is 1.94 bits per heavy atom. The highest BCUT2D eigenvalue weighted by Gasteiger charge is 2.33. The molecular formula is C22H25N5O3S2. The summed E-state index contributed by atoms with van der Waals surface area (Å²) in [4.78, 5) is 30.4. The van der Waals surface area contributed by atoms with Crippen LogP contribution < -0.4 is 0 Å². The molecule has 168 valence electrons. The summed E-state index contributed by atoms with van der Waals surface area (Å²) in [5.41, 5.74) is 0. The number of thioether (sulfide) groups is 1. The molecule has 32 heavy (non-hydrogen) atoms.